The van der Waals surface area contributed by atoms with Crippen molar-refractivity contribution in [2.45, 2.75) is 6.42 Å². The number of rotatable bonds is 4. The van der Waals surface area contributed by atoms with Crippen LogP contribution >= 0.6 is 0 Å². The smallest absolute Gasteiger partial charge is 0.144 e. The summed E-state index contributed by atoms with van der Waals surface area (Å²) >= 11 is 0. The minimum Gasteiger partial charge on any atom is -0.489 e. The standard InChI is InChI=1S/C14H24N3O/c1-17(2,3)9-4-7-16-8-10-18-14-11-12(15)5-6-13(14)16/h5-6,11H,4,7-10,15H2,1-3H3/q+1. The summed E-state index contributed by atoms with van der Waals surface area (Å²) in [6.07, 6.45) is 1.19. The first-order valence-electron chi connectivity index (χ1n) is 6.53. The molecule has 0 fully saturated rings. The van der Waals surface area contributed by atoms with Gasteiger partial charge < -0.3 is 19.9 Å². The molecule has 0 spiro atoms. The zero-order valence-corrected chi connectivity index (χ0v) is 11.6. The van der Waals surface area contributed by atoms with Crippen molar-refractivity contribution in [1.29, 1.82) is 0 Å². The molecule has 4 heteroatoms. The van der Waals surface area contributed by atoms with Crippen molar-refractivity contribution in [2.75, 3.05) is 58.0 Å². The number of nitrogens with zero attached hydrogens (tertiary/aromatic N) is 2. The van der Waals surface area contributed by atoms with Crippen LogP contribution in [0.2, 0.25) is 0 Å². The van der Waals surface area contributed by atoms with Crippen molar-refractivity contribution in [3.05, 3.63) is 18.2 Å². The third kappa shape index (κ3) is 3.29. The Morgan fingerprint density at radius 1 is 1.33 bits per heavy atom. The van der Waals surface area contributed by atoms with Gasteiger partial charge in [-0.15, -0.1) is 0 Å². The van der Waals surface area contributed by atoms with E-state index in [4.69, 9.17) is 10.5 Å². The number of fused-ring (bicyclic) bond motifs is 1. The molecule has 1 aliphatic rings. The van der Waals surface area contributed by atoms with E-state index in [1.807, 2.05) is 12.1 Å². The van der Waals surface area contributed by atoms with E-state index in [2.05, 4.69) is 32.1 Å². The Morgan fingerprint density at radius 2 is 2.11 bits per heavy atom. The van der Waals surface area contributed by atoms with Gasteiger partial charge >= 0.3 is 0 Å². The first kappa shape index (κ1) is 13.0. The van der Waals surface area contributed by atoms with Crippen LogP contribution in [-0.2, 0) is 0 Å². The maximum Gasteiger partial charge on any atom is 0.144 e. The number of hydrogen-bond acceptors (Lipinski definition) is 3. The molecule has 0 saturated carbocycles. The molecule has 0 aliphatic carbocycles. The van der Waals surface area contributed by atoms with Crippen LogP contribution in [0.1, 0.15) is 6.42 Å². The van der Waals surface area contributed by atoms with Crippen LogP contribution in [0.3, 0.4) is 0 Å². The van der Waals surface area contributed by atoms with Gasteiger partial charge in [-0.25, -0.2) is 0 Å². The molecule has 2 N–H and O–H groups in total. The van der Waals surface area contributed by atoms with Crippen LogP contribution in [0.5, 0.6) is 5.75 Å². The Labute approximate surface area is 110 Å². The molecule has 1 aromatic carbocycles. The van der Waals surface area contributed by atoms with Gasteiger partial charge in [-0.2, -0.15) is 0 Å². The van der Waals surface area contributed by atoms with Gasteiger partial charge in [0.05, 0.1) is 39.9 Å². The second-order valence-corrected chi connectivity index (χ2v) is 5.93. The molecular weight excluding hydrogens is 226 g/mol. The van der Waals surface area contributed by atoms with Gasteiger partial charge in [0.15, 0.2) is 0 Å². The van der Waals surface area contributed by atoms with Crippen molar-refractivity contribution in [2.24, 2.45) is 0 Å². The Morgan fingerprint density at radius 3 is 2.83 bits per heavy atom. The molecule has 0 atom stereocenters. The van der Waals surface area contributed by atoms with Gasteiger partial charge in [-0.1, -0.05) is 0 Å². The molecule has 100 valence electrons. The van der Waals surface area contributed by atoms with E-state index < -0.39 is 0 Å². The fraction of sp³-hybridized carbons (Fsp3) is 0.571. The van der Waals surface area contributed by atoms with Crippen molar-refractivity contribution in [3.63, 3.8) is 0 Å². The van der Waals surface area contributed by atoms with Crippen LogP contribution in [0, 0.1) is 0 Å². The molecule has 1 aliphatic heterocycles. The lowest BCUT2D eigenvalue weighted by Crippen LogP contribution is -2.39. The SMILES string of the molecule is C[N+](C)(C)CCCN1CCOc2cc(N)ccc21. The predicted molar refractivity (Wildman–Crippen MR) is 76.1 cm³/mol. The van der Waals surface area contributed by atoms with E-state index in [-0.39, 0.29) is 0 Å². The van der Waals surface area contributed by atoms with Gasteiger partial charge in [0, 0.05) is 24.7 Å². The second-order valence-electron chi connectivity index (χ2n) is 5.93. The maximum absolute atomic E-state index is 5.78. The number of nitrogens with two attached hydrogens (primary N) is 1. The Kier molecular flexibility index (Phi) is 3.66. The average molecular weight is 250 g/mol. The number of hydrogen-bond donors (Lipinski definition) is 1. The molecule has 0 bridgehead atoms. The van der Waals surface area contributed by atoms with E-state index >= 15 is 0 Å². The predicted octanol–water partition coefficient (Wildman–Crippen LogP) is 1.56. The number of anilines is 2. The van der Waals surface area contributed by atoms with Crippen molar-refractivity contribution >= 4 is 11.4 Å². The highest BCUT2D eigenvalue weighted by Gasteiger charge is 2.18. The summed E-state index contributed by atoms with van der Waals surface area (Å²) in [5.74, 6) is 0.923. The Balaban J connectivity index is 2.00. The molecule has 0 saturated heterocycles. The summed E-state index contributed by atoms with van der Waals surface area (Å²) in [6, 6.07) is 5.93. The van der Waals surface area contributed by atoms with Crippen LogP contribution < -0.4 is 15.4 Å². The summed E-state index contributed by atoms with van der Waals surface area (Å²) in [6.45, 7) is 3.98. The summed E-state index contributed by atoms with van der Waals surface area (Å²) in [5.41, 5.74) is 7.73. The number of ether oxygens (including phenoxy) is 1. The maximum atomic E-state index is 5.78. The van der Waals surface area contributed by atoms with Crippen molar-refractivity contribution in [1.82, 2.24) is 0 Å². The van der Waals surface area contributed by atoms with Gasteiger partial charge in [-0.3, -0.25) is 0 Å². The molecular formula is C14H24N3O+. The van der Waals surface area contributed by atoms with Crippen LogP contribution in [0.4, 0.5) is 11.4 Å². The van der Waals surface area contributed by atoms with Gasteiger partial charge in [0.1, 0.15) is 12.4 Å². The average Bonchev–Trinajstić information content (AvgIpc) is 2.27. The number of nitrogen functional groups attached to an aromatic ring is 1. The highest BCUT2D eigenvalue weighted by molar-refractivity contribution is 5.64. The molecule has 1 aromatic rings. The van der Waals surface area contributed by atoms with Gasteiger partial charge in [-0.05, 0) is 12.1 Å². The molecule has 2 rings (SSSR count). The minimum absolute atomic E-state index is 0.751. The molecule has 4 nitrogen and oxygen atoms in total. The van der Waals surface area contributed by atoms with E-state index in [0.29, 0.717) is 0 Å². The first-order chi connectivity index (χ1) is 8.46. The van der Waals surface area contributed by atoms with E-state index in [1.165, 1.54) is 18.7 Å². The van der Waals surface area contributed by atoms with Crippen LogP contribution in [0.25, 0.3) is 0 Å². The lowest BCUT2D eigenvalue weighted by atomic mass is 10.2. The van der Waals surface area contributed by atoms with Crippen LogP contribution in [0.15, 0.2) is 18.2 Å². The van der Waals surface area contributed by atoms with Gasteiger partial charge in [0.2, 0.25) is 0 Å². The minimum atomic E-state index is 0.751. The Hall–Kier alpha value is -1.42. The Bertz CT molecular complexity index is 412. The van der Waals surface area contributed by atoms with Crippen LogP contribution in [-0.4, -0.2) is 51.9 Å². The summed E-state index contributed by atoms with van der Waals surface area (Å²) in [7, 11) is 6.69. The van der Waals surface area contributed by atoms with E-state index in [0.717, 1.165) is 35.6 Å². The fourth-order valence-corrected chi connectivity index (χ4v) is 2.26. The fourth-order valence-electron chi connectivity index (χ4n) is 2.26. The van der Waals surface area contributed by atoms with Crippen molar-refractivity contribution < 1.29 is 9.22 Å². The van der Waals surface area contributed by atoms with Crippen molar-refractivity contribution in [3.8, 4) is 5.75 Å². The molecule has 0 amide bonds. The molecule has 1 heterocycles. The summed E-state index contributed by atoms with van der Waals surface area (Å²) in [4.78, 5) is 2.40. The third-order valence-corrected chi connectivity index (χ3v) is 3.20. The monoisotopic (exact) mass is 250 g/mol. The zero-order chi connectivity index (χ0) is 13.2. The lowest BCUT2D eigenvalue weighted by Gasteiger charge is -2.32. The number of benzene rings is 1. The van der Waals surface area contributed by atoms with E-state index in [9.17, 15) is 0 Å². The summed E-state index contributed by atoms with van der Waals surface area (Å²) in [5, 5.41) is 0. The quantitative estimate of drug-likeness (QED) is 0.651. The van der Waals surface area contributed by atoms with E-state index in [1.54, 1.807) is 0 Å². The molecule has 18 heavy (non-hydrogen) atoms. The highest BCUT2D eigenvalue weighted by atomic mass is 16.5. The lowest BCUT2D eigenvalue weighted by molar-refractivity contribution is -0.870. The molecule has 0 radical (unpaired) electrons. The molecule has 0 aromatic heterocycles. The normalized spacial score (nSPS) is 15.2. The largest absolute Gasteiger partial charge is 0.489 e. The highest BCUT2D eigenvalue weighted by Crippen LogP contribution is 2.33. The van der Waals surface area contributed by atoms with Gasteiger partial charge in [0.25, 0.3) is 0 Å². The number of quaternary nitrogens is 1. The zero-order valence-electron chi connectivity index (χ0n) is 11.6. The summed E-state index contributed by atoms with van der Waals surface area (Å²) < 4.78 is 6.67. The first-order valence-corrected chi connectivity index (χ1v) is 6.53. The molecule has 0 unspecified atom stereocenters. The second kappa shape index (κ2) is 5.06. The third-order valence-electron chi connectivity index (χ3n) is 3.20. The topological polar surface area (TPSA) is 38.5 Å².